The molecule has 0 aromatic carbocycles. The summed E-state index contributed by atoms with van der Waals surface area (Å²) in [6, 6.07) is 6.13. The van der Waals surface area contributed by atoms with E-state index in [1.807, 2.05) is 43.5 Å². The van der Waals surface area contributed by atoms with Crippen LogP contribution >= 0.6 is 0 Å². The van der Waals surface area contributed by atoms with Gasteiger partial charge >= 0.3 is 0 Å². The van der Waals surface area contributed by atoms with Crippen LogP contribution in [0.4, 0.5) is 0 Å². The molecule has 1 aliphatic rings. The zero-order valence-electron chi connectivity index (χ0n) is 19.1. The number of aromatic amines is 2. The van der Waals surface area contributed by atoms with Crippen molar-refractivity contribution in [3.8, 4) is 23.2 Å². The summed E-state index contributed by atoms with van der Waals surface area (Å²) < 4.78 is 5.82. The molecule has 3 heterocycles. The van der Waals surface area contributed by atoms with Crippen molar-refractivity contribution in [1.82, 2.24) is 9.97 Å². The number of H-pyrrole nitrogens is 2. The van der Waals surface area contributed by atoms with Crippen molar-refractivity contribution in [1.29, 1.82) is 5.26 Å². The second kappa shape index (κ2) is 12.6. The maximum absolute atomic E-state index is 9.72. The molecular formula is C27H34N4O. The van der Waals surface area contributed by atoms with Crippen LogP contribution in [0.25, 0.3) is 17.5 Å². The topological polar surface area (TPSA) is 77.0 Å². The molecule has 168 valence electrons. The number of nitrogens with one attached hydrogen (secondary N) is 2. The Morgan fingerprint density at radius 3 is 2.59 bits per heavy atom. The summed E-state index contributed by atoms with van der Waals surface area (Å²) in [5.41, 5.74) is 4.89. The van der Waals surface area contributed by atoms with Crippen LogP contribution in [0.5, 0.6) is 5.75 Å². The smallest absolute Gasteiger partial charge is 0.162 e. The summed E-state index contributed by atoms with van der Waals surface area (Å²) in [5.74, 6) is 0.581. The minimum atomic E-state index is 0.492. The molecule has 0 fully saturated rings. The van der Waals surface area contributed by atoms with Crippen LogP contribution in [0.2, 0.25) is 0 Å². The van der Waals surface area contributed by atoms with E-state index in [-0.39, 0.29) is 0 Å². The Kier molecular flexibility index (Phi) is 9.19. The second-order valence-corrected chi connectivity index (χ2v) is 8.05. The van der Waals surface area contributed by atoms with Crippen molar-refractivity contribution in [3.05, 3.63) is 60.1 Å². The predicted molar refractivity (Wildman–Crippen MR) is 133 cm³/mol. The number of nitriles is 1. The fraction of sp³-hybridized carbons (Fsp3) is 0.407. The minimum Gasteiger partial charge on any atom is -0.490 e. The third-order valence-electron chi connectivity index (χ3n) is 5.60. The van der Waals surface area contributed by atoms with Crippen LogP contribution in [-0.4, -0.2) is 22.3 Å². The van der Waals surface area contributed by atoms with Crippen molar-refractivity contribution in [2.45, 2.75) is 64.7 Å². The first-order valence-electron chi connectivity index (χ1n) is 11.8. The van der Waals surface area contributed by atoms with Gasteiger partial charge in [0.05, 0.1) is 29.4 Å². The van der Waals surface area contributed by atoms with Gasteiger partial charge in [-0.3, -0.25) is 4.99 Å². The van der Waals surface area contributed by atoms with Gasteiger partial charge in [0.1, 0.15) is 11.6 Å². The molecule has 0 spiro atoms. The van der Waals surface area contributed by atoms with Crippen LogP contribution < -0.4 is 4.74 Å². The maximum atomic E-state index is 9.72. The molecule has 5 nitrogen and oxygen atoms in total. The van der Waals surface area contributed by atoms with Crippen molar-refractivity contribution in [2.75, 3.05) is 6.61 Å². The number of unbranched alkanes of at least 4 members (excludes halogenated alkanes) is 7. The van der Waals surface area contributed by atoms with E-state index in [0.29, 0.717) is 17.9 Å². The molecule has 0 bridgehead atoms. The fourth-order valence-electron chi connectivity index (χ4n) is 3.96. The molecule has 3 rings (SSSR count). The van der Waals surface area contributed by atoms with Gasteiger partial charge in [-0.25, -0.2) is 0 Å². The van der Waals surface area contributed by atoms with E-state index in [1.165, 1.54) is 44.9 Å². The highest BCUT2D eigenvalue weighted by atomic mass is 16.5. The lowest BCUT2D eigenvalue weighted by molar-refractivity contribution is 0.339. The molecule has 0 saturated carbocycles. The van der Waals surface area contributed by atoms with Crippen LogP contribution in [-0.2, 0) is 0 Å². The van der Waals surface area contributed by atoms with E-state index in [2.05, 4.69) is 28.7 Å². The molecule has 0 radical (unpaired) electrons. The first kappa shape index (κ1) is 23.4. The number of aromatic nitrogens is 2. The SMILES string of the molecule is C=CCCCCCCCCCC1=NC(=Cc2[nH]c(-c3ccc[nH]3)c(C#N)c2OCC)C=C1. The lowest BCUT2D eigenvalue weighted by atomic mass is 10.1. The van der Waals surface area contributed by atoms with Gasteiger partial charge in [-0.1, -0.05) is 38.2 Å². The molecule has 2 aromatic heterocycles. The quantitative estimate of drug-likeness (QED) is 0.243. The van der Waals surface area contributed by atoms with Gasteiger partial charge in [-0.2, -0.15) is 5.26 Å². The Morgan fingerprint density at radius 1 is 1.12 bits per heavy atom. The van der Waals surface area contributed by atoms with E-state index < -0.39 is 0 Å². The summed E-state index contributed by atoms with van der Waals surface area (Å²) in [6.45, 7) is 6.19. The first-order valence-corrected chi connectivity index (χ1v) is 11.8. The molecule has 2 N–H and O–H groups in total. The molecule has 0 atom stereocenters. The lowest BCUT2D eigenvalue weighted by Crippen LogP contribution is -1.94. The molecule has 5 heteroatoms. The maximum Gasteiger partial charge on any atom is 0.162 e. The molecule has 0 saturated heterocycles. The van der Waals surface area contributed by atoms with Gasteiger partial charge in [0.2, 0.25) is 0 Å². The number of hydrogen-bond donors (Lipinski definition) is 2. The summed E-state index contributed by atoms with van der Waals surface area (Å²) >= 11 is 0. The standard InChI is InChI=1S/C27H34N4O/c1-3-5-6-7-8-9-10-11-12-14-21-16-17-22(30-21)19-25-27(32-4-2)23(20-28)26(31-25)24-15-13-18-29-24/h3,13,15-19,29,31H,1,4-12,14H2,2H3. The highest BCUT2D eigenvalue weighted by molar-refractivity contribution is 5.99. The van der Waals surface area contributed by atoms with E-state index in [1.54, 1.807) is 0 Å². The first-order chi connectivity index (χ1) is 15.8. The molecule has 0 unspecified atom stereocenters. The zero-order valence-corrected chi connectivity index (χ0v) is 19.1. The summed E-state index contributed by atoms with van der Waals surface area (Å²) in [4.78, 5) is 11.3. The van der Waals surface area contributed by atoms with Gasteiger partial charge < -0.3 is 14.7 Å². The summed E-state index contributed by atoms with van der Waals surface area (Å²) in [6.07, 6.45) is 21.1. The van der Waals surface area contributed by atoms with E-state index in [0.717, 1.165) is 41.3 Å². The molecule has 0 amide bonds. The van der Waals surface area contributed by atoms with Gasteiger partial charge in [0, 0.05) is 11.9 Å². The van der Waals surface area contributed by atoms with Crippen LogP contribution in [0, 0.1) is 11.3 Å². The number of rotatable bonds is 14. The highest BCUT2D eigenvalue weighted by Crippen LogP contribution is 2.34. The summed E-state index contributed by atoms with van der Waals surface area (Å²) in [5, 5.41) is 9.72. The molecule has 1 aliphatic heterocycles. The monoisotopic (exact) mass is 430 g/mol. The highest BCUT2D eigenvalue weighted by Gasteiger charge is 2.20. The molecule has 2 aromatic rings. The Hall–Kier alpha value is -3.26. The third-order valence-corrected chi connectivity index (χ3v) is 5.60. The number of allylic oxidation sites excluding steroid dienone is 3. The van der Waals surface area contributed by atoms with Crippen LogP contribution in [0.3, 0.4) is 0 Å². The predicted octanol–water partition coefficient (Wildman–Crippen LogP) is 7.33. The number of nitrogens with zero attached hydrogens (tertiary/aromatic N) is 2. The number of ether oxygens (including phenoxy) is 1. The fourth-order valence-corrected chi connectivity index (χ4v) is 3.96. The third kappa shape index (κ3) is 6.37. The normalized spacial score (nSPS) is 14.0. The van der Waals surface area contributed by atoms with Crippen molar-refractivity contribution >= 4 is 11.8 Å². The van der Waals surface area contributed by atoms with E-state index in [4.69, 9.17) is 9.73 Å². The van der Waals surface area contributed by atoms with Crippen molar-refractivity contribution < 1.29 is 4.74 Å². The van der Waals surface area contributed by atoms with Gasteiger partial charge in [0.15, 0.2) is 5.75 Å². The van der Waals surface area contributed by atoms with Gasteiger partial charge in [0.25, 0.3) is 0 Å². The number of hydrogen-bond acceptors (Lipinski definition) is 3. The average Bonchev–Trinajstić information content (AvgIpc) is 3.54. The number of aliphatic imine (C=N–C) groups is 1. The Balaban J connectivity index is 1.58. The van der Waals surface area contributed by atoms with Crippen molar-refractivity contribution in [3.63, 3.8) is 0 Å². The van der Waals surface area contributed by atoms with Gasteiger partial charge in [-0.15, -0.1) is 6.58 Å². The summed E-state index contributed by atoms with van der Waals surface area (Å²) in [7, 11) is 0. The Morgan fingerprint density at radius 2 is 1.91 bits per heavy atom. The molecular weight excluding hydrogens is 396 g/mol. The minimum absolute atomic E-state index is 0.492. The lowest BCUT2D eigenvalue weighted by Gasteiger charge is -2.03. The Labute approximate surface area is 191 Å². The van der Waals surface area contributed by atoms with E-state index in [9.17, 15) is 5.26 Å². The Bertz CT molecular complexity index is 999. The zero-order chi connectivity index (χ0) is 22.6. The molecule has 0 aliphatic carbocycles. The van der Waals surface area contributed by atoms with Crippen LogP contribution in [0.15, 0.2) is 53.8 Å². The van der Waals surface area contributed by atoms with Crippen molar-refractivity contribution in [2.24, 2.45) is 4.99 Å². The molecule has 32 heavy (non-hydrogen) atoms. The van der Waals surface area contributed by atoms with Gasteiger partial charge in [-0.05, 0) is 63.0 Å². The van der Waals surface area contributed by atoms with E-state index >= 15 is 0 Å². The second-order valence-electron chi connectivity index (χ2n) is 8.05. The average molecular weight is 431 g/mol. The largest absolute Gasteiger partial charge is 0.490 e. The van der Waals surface area contributed by atoms with Crippen LogP contribution in [0.1, 0.15) is 76.0 Å².